The molecule has 0 bridgehead atoms. The van der Waals surface area contributed by atoms with Gasteiger partial charge in [-0.25, -0.2) is 13.6 Å². The predicted molar refractivity (Wildman–Crippen MR) is 48.4 cm³/mol. The molecule has 0 aliphatic heterocycles. The van der Waals surface area contributed by atoms with Crippen molar-refractivity contribution in [2.75, 3.05) is 0 Å². The summed E-state index contributed by atoms with van der Waals surface area (Å²) in [6, 6.07) is 0. The molecule has 0 amide bonds. The fourth-order valence-corrected chi connectivity index (χ4v) is 1.23. The Kier molecular flexibility index (Phi) is 3.23. The van der Waals surface area contributed by atoms with E-state index < -0.39 is 30.1 Å². The monoisotopic (exact) mass is 220 g/mol. The van der Waals surface area contributed by atoms with E-state index in [4.69, 9.17) is 0 Å². The summed E-state index contributed by atoms with van der Waals surface area (Å²) in [7, 11) is 0. The molecule has 0 saturated heterocycles. The van der Waals surface area contributed by atoms with Crippen LogP contribution < -0.4 is 11.2 Å². The van der Waals surface area contributed by atoms with Crippen molar-refractivity contribution in [3.8, 4) is 5.88 Å². The van der Waals surface area contributed by atoms with Crippen LogP contribution >= 0.6 is 0 Å². The van der Waals surface area contributed by atoms with Crippen LogP contribution in [-0.2, 0) is 13.0 Å². The number of nitrogens with zero attached hydrogens (tertiary/aromatic N) is 1. The van der Waals surface area contributed by atoms with E-state index in [-0.39, 0.29) is 12.0 Å². The summed E-state index contributed by atoms with van der Waals surface area (Å²) in [6.45, 7) is 0.635. The molecule has 84 valence electrons. The molecular weight excluding hydrogens is 210 g/mol. The molecule has 0 unspecified atom stereocenters. The fraction of sp³-hybridized carbons (Fsp3) is 0.500. The van der Waals surface area contributed by atoms with Crippen molar-refractivity contribution in [3.63, 3.8) is 0 Å². The molecule has 0 spiro atoms. The van der Waals surface area contributed by atoms with Crippen LogP contribution in [0.4, 0.5) is 8.78 Å². The standard InChI is InChI=1S/C8H10F2N2O3/c1-2-4-6(13)11-8(15)12(7(4)14)3-5(9)10/h5,14H,2-3H2,1H3,(H,11,13,15). The molecule has 0 aliphatic carbocycles. The smallest absolute Gasteiger partial charge is 0.331 e. The van der Waals surface area contributed by atoms with Crippen LogP contribution in [0.2, 0.25) is 0 Å². The summed E-state index contributed by atoms with van der Waals surface area (Å²) in [4.78, 5) is 24.1. The number of hydrogen-bond acceptors (Lipinski definition) is 3. The molecule has 0 aliphatic rings. The predicted octanol–water partition coefficient (Wildman–Crippen LogP) is 0.0697. The molecule has 0 atom stereocenters. The van der Waals surface area contributed by atoms with Crippen molar-refractivity contribution >= 4 is 0 Å². The van der Waals surface area contributed by atoms with Gasteiger partial charge in [0, 0.05) is 0 Å². The summed E-state index contributed by atoms with van der Waals surface area (Å²) < 4.78 is 24.6. The minimum absolute atomic E-state index is 0.0738. The van der Waals surface area contributed by atoms with Crippen molar-refractivity contribution in [1.29, 1.82) is 0 Å². The van der Waals surface area contributed by atoms with E-state index in [1.807, 2.05) is 4.98 Å². The first kappa shape index (κ1) is 11.4. The van der Waals surface area contributed by atoms with E-state index in [1.54, 1.807) is 6.92 Å². The summed E-state index contributed by atoms with van der Waals surface area (Å²) in [5, 5.41) is 9.41. The zero-order valence-corrected chi connectivity index (χ0v) is 7.96. The topological polar surface area (TPSA) is 75.1 Å². The number of nitrogens with one attached hydrogen (secondary N) is 1. The van der Waals surface area contributed by atoms with E-state index in [0.29, 0.717) is 4.57 Å². The average Bonchev–Trinajstić information content (AvgIpc) is 2.12. The lowest BCUT2D eigenvalue weighted by Crippen LogP contribution is -2.33. The molecule has 1 heterocycles. The van der Waals surface area contributed by atoms with Crippen LogP contribution in [0.1, 0.15) is 12.5 Å². The van der Waals surface area contributed by atoms with Gasteiger partial charge in [0.15, 0.2) is 0 Å². The lowest BCUT2D eigenvalue weighted by molar-refractivity contribution is 0.120. The van der Waals surface area contributed by atoms with Gasteiger partial charge in [-0.1, -0.05) is 6.92 Å². The Morgan fingerprint density at radius 1 is 1.47 bits per heavy atom. The Morgan fingerprint density at radius 2 is 2.07 bits per heavy atom. The summed E-state index contributed by atoms with van der Waals surface area (Å²) in [5.41, 5.74) is -1.85. The van der Waals surface area contributed by atoms with E-state index in [0.717, 1.165) is 0 Å². The number of H-pyrrole nitrogens is 1. The highest BCUT2D eigenvalue weighted by Crippen LogP contribution is 2.11. The number of aromatic nitrogens is 2. The molecule has 0 fully saturated rings. The summed E-state index contributed by atoms with van der Waals surface area (Å²) in [5.74, 6) is -0.688. The highest BCUT2D eigenvalue weighted by atomic mass is 19.3. The highest BCUT2D eigenvalue weighted by Gasteiger charge is 2.15. The number of halogens is 2. The highest BCUT2D eigenvalue weighted by molar-refractivity contribution is 5.22. The maximum Gasteiger partial charge on any atom is 0.331 e. The second kappa shape index (κ2) is 4.24. The molecule has 1 aromatic rings. The molecule has 2 N–H and O–H groups in total. The molecule has 0 saturated carbocycles. The van der Waals surface area contributed by atoms with Gasteiger partial charge in [0.2, 0.25) is 5.88 Å². The summed E-state index contributed by atoms with van der Waals surface area (Å²) >= 11 is 0. The number of alkyl halides is 2. The van der Waals surface area contributed by atoms with Crippen LogP contribution in [0, 0.1) is 0 Å². The van der Waals surface area contributed by atoms with Crippen molar-refractivity contribution in [3.05, 3.63) is 26.4 Å². The second-order valence-corrected chi connectivity index (χ2v) is 2.92. The zero-order valence-electron chi connectivity index (χ0n) is 7.96. The van der Waals surface area contributed by atoms with Crippen LogP contribution in [0.5, 0.6) is 5.88 Å². The number of rotatable bonds is 3. The van der Waals surface area contributed by atoms with E-state index in [9.17, 15) is 23.5 Å². The molecular formula is C8H10F2N2O3. The summed E-state index contributed by atoms with van der Waals surface area (Å²) in [6.07, 6.45) is -2.62. The van der Waals surface area contributed by atoms with Gasteiger partial charge < -0.3 is 5.11 Å². The molecule has 1 rings (SSSR count). The van der Waals surface area contributed by atoms with Crippen LogP contribution in [0.3, 0.4) is 0 Å². The number of aromatic hydroxyl groups is 1. The molecule has 7 heteroatoms. The zero-order chi connectivity index (χ0) is 11.6. The van der Waals surface area contributed by atoms with Crippen molar-refractivity contribution in [2.24, 2.45) is 0 Å². The van der Waals surface area contributed by atoms with Crippen LogP contribution in [-0.4, -0.2) is 21.1 Å². The molecule has 15 heavy (non-hydrogen) atoms. The Hall–Kier alpha value is -1.66. The average molecular weight is 220 g/mol. The molecule has 0 aromatic carbocycles. The van der Waals surface area contributed by atoms with Crippen molar-refractivity contribution < 1.29 is 13.9 Å². The normalized spacial score (nSPS) is 10.9. The first-order valence-electron chi connectivity index (χ1n) is 4.30. The maximum atomic E-state index is 12.1. The minimum Gasteiger partial charge on any atom is -0.494 e. The molecule has 5 nitrogen and oxygen atoms in total. The van der Waals surface area contributed by atoms with Gasteiger partial charge in [0.25, 0.3) is 12.0 Å². The SMILES string of the molecule is CCc1c(O)n(CC(F)F)c(=O)[nH]c1=O. The van der Waals surface area contributed by atoms with E-state index in [1.165, 1.54) is 0 Å². The van der Waals surface area contributed by atoms with E-state index >= 15 is 0 Å². The van der Waals surface area contributed by atoms with E-state index in [2.05, 4.69) is 0 Å². The Morgan fingerprint density at radius 3 is 2.53 bits per heavy atom. The maximum absolute atomic E-state index is 12.1. The number of aromatic amines is 1. The van der Waals surface area contributed by atoms with Crippen LogP contribution in [0.25, 0.3) is 0 Å². The van der Waals surface area contributed by atoms with Crippen molar-refractivity contribution in [2.45, 2.75) is 26.3 Å². The Bertz CT molecular complexity index is 464. The van der Waals surface area contributed by atoms with Gasteiger partial charge in [0.05, 0.1) is 12.1 Å². The third-order valence-electron chi connectivity index (χ3n) is 1.94. The van der Waals surface area contributed by atoms with Crippen LogP contribution in [0.15, 0.2) is 9.59 Å². The third-order valence-corrected chi connectivity index (χ3v) is 1.94. The molecule has 1 aromatic heterocycles. The third kappa shape index (κ3) is 2.23. The minimum atomic E-state index is -2.77. The quantitative estimate of drug-likeness (QED) is 0.756. The van der Waals surface area contributed by atoms with Crippen molar-refractivity contribution in [1.82, 2.24) is 9.55 Å². The van der Waals surface area contributed by atoms with Gasteiger partial charge >= 0.3 is 5.69 Å². The number of hydrogen-bond donors (Lipinski definition) is 2. The molecule has 0 radical (unpaired) electrons. The van der Waals surface area contributed by atoms with Gasteiger partial charge in [0.1, 0.15) is 0 Å². The Balaban J connectivity index is 3.39. The second-order valence-electron chi connectivity index (χ2n) is 2.92. The first-order chi connectivity index (χ1) is 6.97. The lowest BCUT2D eigenvalue weighted by atomic mass is 10.2. The largest absolute Gasteiger partial charge is 0.494 e. The Labute approximate surface area is 83.0 Å². The fourth-order valence-electron chi connectivity index (χ4n) is 1.23. The first-order valence-corrected chi connectivity index (χ1v) is 4.30. The van der Waals surface area contributed by atoms with Gasteiger partial charge in [-0.3, -0.25) is 14.3 Å². The van der Waals surface area contributed by atoms with Gasteiger partial charge in [-0.2, -0.15) is 0 Å². The van der Waals surface area contributed by atoms with Gasteiger partial charge in [-0.05, 0) is 6.42 Å². The lowest BCUT2D eigenvalue weighted by Gasteiger charge is -2.09. The van der Waals surface area contributed by atoms with Gasteiger partial charge in [-0.15, -0.1) is 0 Å².